The van der Waals surface area contributed by atoms with Gasteiger partial charge in [-0.05, 0) is 74.1 Å². The number of aryl methyl sites for hydroxylation is 1. The van der Waals surface area contributed by atoms with E-state index in [1.807, 2.05) is 67.5 Å². The summed E-state index contributed by atoms with van der Waals surface area (Å²) in [4.78, 5) is 40.5. The number of likely N-dealkylation sites (N-methyl/N-ethyl adjacent to an activating group) is 2. The average Bonchev–Trinajstić information content (AvgIpc) is 3.24. The standard InChI is InChI=1S/C30H31FN4O4/c1-34(2)18-26(36)35(3)23-13-11-22(12-14-23)32-29(20-8-5-19(6-9-20)7-16-27(37)39-4)28-24-15-10-21(31)17-25(24)33-30(28)38/h5-6,8-15,17,32H,7,16,18H2,1-4H3,(H,33,38)/b29-28-. The topological polar surface area (TPSA) is 91.0 Å². The number of hydrogen-bond acceptors (Lipinski definition) is 6. The van der Waals surface area contributed by atoms with Crippen LogP contribution in [0.15, 0.2) is 66.7 Å². The van der Waals surface area contributed by atoms with Crippen LogP contribution in [0.3, 0.4) is 0 Å². The first kappa shape index (κ1) is 27.5. The van der Waals surface area contributed by atoms with Gasteiger partial charge in [-0.2, -0.15) is 0 Å². The number of nitrogens with one attached hydrogen (secondary N) is 2. The van der Waals surface area contributed by atoms with Crippen LogP contribution in [0, 0.1) is 5.82 Å². The number of rotatable bonds is 9. The van der Waals surface area contributed by atoms with Crippen LogP contribution in [-0.2, 0) is 25.5 Å². The van der Waals surface area contributed by atoms with E-state index in [-0.39, 0.29) is 30.7 Å². The molecule has 0 atom stereocenters. The van der Waals surface area contributed by atoms with E-state index in [9.17, 15) is 18.8 Å². The lowest BCUT2D eigenvalue weighted by atomic mass is 9.98. The van der Waals surface area contributed by atoms with Crippen LogP contribution in [0.25, 0.3) is 11.3 Å². The number of ether oxygens (including phenoxy) is 1. The Morgan fingerprint density at radius 2 is 1.67 bits per heavy atom. The molecular formula is C30H31FN4O4. The molecule has 0 radical (unpaired) electrons. The molecule has 1 aliphatic rings. The molecule has 202 valence electrons. The fourth-order valence-electron chi connectivity index (χ4n) is 4.29. The minimum Gasteiger partial charge on any atom is -0.469 e. The number of methoxy groups -OCH3 is 1. The third-order valence-corrected chi connectivity index (χ3v) is 6.41. The molecule has 3 aromatic carbocycles. The van der Waals surface area contributed by atoms with Crippen molar-refractivity contribution in [3.63, 3.8) is 0 Å². The number of halogens is 1. The molecule has 0 fully saturated rings. The summed E-state index contributed by atoms with van der Waals surface area (Å²) < 4.78 is 18.6. The normalized spacial score (nSPS) is 13.5. The molecule has 0 unspecified atom stereocenters. The second-order valence-corrected chi connectivity index (χ2v) is 9.53. The van der Waals surface area contributed by atoms with E-state index in [2.05, 4.69) is 10.6 Å². The molecule has 1 heterocycles. The van der Waals surface area contributed by atoms with Crippen molar-refractivity contribution in [3.05, 3.63) is 89.2 Å². The molecule has 0 saturated heterocycles. The van der Waals surface area contributed by atoms with Gasteiger partial charge in [0.05, 0.1) is 30.6 Å². The van der Waals surface area contributed by atoms with E-state index in [1.54, 1.807) is 18.0 Å². The zero-order valence-corrected chi connectivity index (χ0v) is 22.4. The summed E-state index contributed by atoms with van der Waals surface area (Å²) in [7, 11) is 6.76. The lowest BCUT2D eigenvalue weighted by Gasteiger charge is -2.20. The number of carbonyl (C=O) groups excluding carboxylic acids is 3. The molecule has 0 aliphatic carbocycles. The number of anilines is 3. The Hall–Kier alpha value is -4.50. The van der Waals surface area contributed by atoms with Gasteiger partial charge in [-0.1, -0.05) is 24.3 Å². The summed E-state index contributed by atoms with van der Waals surface area (Å²) in [6, 6.07) is 19.1. The number of carbonyl (C=O) groups is 3. The molecule has 0 spiro atoms. The lowest BCUT2D eigenvalue weighted by molar-refractivity contribution is -0.140. The van der Waals surface area contributed by atoms with Crippen molar-refractivity contribution < 1.29 is 23.5 Å². The Kier molecular flexibility index (Phi) is 8.41. The number of esters is 1. The number of nitrogens with zero attached hydrogens (tertiary/aromatic N) is 2. The second-order valence-electron chi connectivity index (χ2n) is 9.53. The molecule has 2 N–H and O–H groups in total. The highest BCUT2D eigenvalue weighted by Gasteiger charge is 2.29. The van der Waals surface area contributed by atoms with Crippen LogP contribution in [-0.4, -0.2) is 57.5 Å². The maximum Gasteiger partial charge on any atom is 0.305 e. The first-order chi connectivity index (χ1) is 18.7. The van der Waals surface area contributed by atoms with E-state index in [0.717, 1.165) is 16.8 Å². The van der Waals surface area contributed by atoms with Crippen LogP contribution >= 0.6 is 0 Å². The molecule has 8 nitrogen and oxygen atoms in total. The highest BCUT2D eigenvalue weighted by molar-refractivity contribution is 6.37. The first-order valence-corrected chi connectivity index (χ1v) is 12.5. The highest BCUT2D eigenvalue weighted by atomic mass is 19.1. The molecule has 4 rings (SSSR count). The number of amides is 2. The van der Waals surface area contributed by atoms with E-state index in [4.69, 9.17) is 4.74 Å². The maximum atomic E-state index is 13.9. The Morgan fingerprint density at radius 3 is 2.31 bits per heavy atom. The predicted molar refractivity (Wildman–Crippen MR) is 151 cm³/mol. The third-order valence-electron chi connectivity index (χ3n) is 6.41. The van der Waals surface area contributed by atoms with Gasteiger partial charge in [0, 0.05) is 30.4 Å². The van der Waals surface area contributed by atoms with Gasteiger partial charge in [-0.15, -0.1) is 0 Å². The van der Waals surface area contributed by atoms with E-state index in [1.165, 1.54) is 19.2 Å². The third kappa shape index (κ3) is 6.50. The summed E-state index contributed by atoms with van der Waals surface area (Å²) in [5.41, 5.74) is 5.04. The van der Waals surface area contributed by atoms with Gasteiger partial charge in [0.25, 0.3) is 5.91 Å². The van der Waals surface area contributed by atoms with Gasteiger partial charge in [0.15, 0.2) is 0 Å². The van der Waals surface area contributed by atoms with Gasteiger partial charge in [0.1, 0.15) is 5.82 Å². The van der Waals surface area contributed by atoms with Gasteiger partial charge in [-0.25, -0.2) is 4.39 Å². The van der Waals surface area contributed by atoms with E-state index >= 15 is 0 Å². The molecule has 1 aliphatic heterocycles. The highest BCUT2D eigenvalue weighted by Crippen LogP contribution is 2.38. The molecule has 0 aromatic heterocycles. The van der Waals surface area contributed by atoms with Crippen LogP contribution in [0.1, 0.15) is 23.1 Å². The van der Waals surface area contributed by atoms with Crippen molar-refractivity contribution in [2.24, 2.45) is 0 Å². The Labute approximate surface area is 227 Å². The molecule has 2 amide bonds. The minimum atomic E-state index is -0.441. The number of hydrogen-bond donors (Lipinski definition) is 2. The Bertz CT molecular complexity index is 1420. The van der Waals surface area contributed by atoms with Crippen molar-refractivity contribution in [2.45, 2.75) is 12.8 Å². The Morgan fingerprint density at radius 1 is 0.974 bits per heavy atom. The summed E-state index contributed by atoms with van der Waals surface area (Å²) in [6.07, 6.45) is 0.789. The van der Waals surface area contributed by atoms with Crippen LogP contribution in [0.5, 0.6) is 0 Å². The quantitative estimate of drug-likeness (QED) is 0.315. The zero-order chi connectivity index (χ0) is 28.1. The van der Waals surface area contributed by atoms with Gasteiger partial charge >= 0.3 is 5.97 Å². The monoisotopic (exact) mass is 530 g/mol. The molecular weight excluding hydrogens is 499 g/mol. The molecule has 9 heteroatoms. The fraction of sp³-hybridized carbons (Fsp3) is 0.233. The summed E-state index contributed by atoms with van der Waals surface area (Å²) in [5.74, 6) is -1.11. The van der Waals surface area contributed by atoms with Crippen molar-refractivity contribution in [3.8, 4) is 0 Å². The largest absolute Gasteiger partial charge is 0.469 e. The maximum absolute atomic E-state index is 13.9. The van der Waals surface area contributed by atoms with Crippen LogP contribution in [0.4, 0.5) is 21.5 Å². The summed E-state index contributed by atoms with van der Waals surface area (Å²) in [5, 5.41) is 6.12. The molecule has 39 heavy (non-hydrogen) atoms. The fourth-order valence-corrected chi connectivity index (χ4v) is 4.29. The van der Waals surface area contributed by atoms with Crippen molar-refractivity contribution in [1.82, 2.24) is 4.90 Å². The SMILES string of the molecule is COC(=O)CCc1ccc(/C(Nc2ccc(N(C)C(=O)CN(C)C)cc2)=C2/C(=O)Nc3cc(F)ccc32)cc1. The van der Waals surface area contributed by atoms with Gasteiger partial charge in [0.2, 0.25) is 5.91 Å². The zero-order valence-electron chi connectivity index (χ0n) is 22.4. The van der Waals surface area contributed by atoms with E-state index < -0.39 is 5.82 Å². The van der Waals surface area contributed by atoms with E-state index in [0.29, 0.717) is 34.6 Å². The molecule has 0 saturated carbocycles. The van der Waals surface area contributed by atoms with Crippen molar-refractivity contribution in [1.29, 1.82) is 0 Å². The van der Waals surface area contributed by atoms with Crippen molar-refractivity contribution in [2.75, 3.05) is 50.3 Å². The second kappa shape index (κ2) is 11.9. The molecule has 3 aromatic rings. The average molecular weight is 531 g/mol. The molecule has 0 bridgehead atoms. The van der Waals surface area contributed by atoms with Gasteiger partial charge < -0.3 is 25.2 Å². The van der Waals surface area contributed by atoms with Crippen LogP contribution in [0.2, 0.25) is 0 Å². The number of benzene rings is 3. The summed E-state index contributed by atoms with van der Waals surface area (Å²) >= 11 is 0. The Balaban J connectivity index is 1.68. The van der Waals surface area contributed by atoms with Crippen LogP contribution < -0.4 is 15.5 Å². The summed E-state index contributed by atoms with van der Waals surface area (Å²) in [6.45, 7) is 0.289. The first-order valence-electron chi connectivity index (χ1n) is 12.5. The predicted octanol–water partition coefficient (Wildman–Crippen LogP) is 4.39. The van der Waals surface area contributed by atoms with Crippen molar-refractivity contribution >= 4 is 46.1 Å². The number of fused-ring (bicyclic) bond motifs is 1. The minimum absolute atomic E-state index is 0.0396. The van der Waals surface area contributed by atoms with Gasteiger partial charge in [-0.3, -0.25) is 14.4 Å². The smallest absolute Gasteiger partial charge is 0.305 e. The lowest BCUT2D eigenvalue weighted by Crippen LogP contribution is -2.34.